The van der Waals surface area contributed by atoms with Crippen LogP contribution in [0, 0.1) is 27.7 Å². The molecule has 0 radical (unpaired) electrons. The molecule has 3 aromatic rings. The van der Waals surface area contributed by atoms with Gasteiger partial charge in [-0.3, -0.25) is 0 Å². The van der Waals surface area contributed by atoms with Gasteiger partial charge in [0.2, 0.25) is 6.79 Å². The topological polar surface area (TPSA) is 150 Å². The number of hydrogen-bond donors (Lipinski definition) is 0. The van der Waals surface area contributed by atoms with Crippen molar-refractivity contribution in [1.82, 2.24) is 0 Å². The highest BCUT2D eigenvalue weighted by Gasteiger charge is 2.19. The minimum atomic E-state index is -0.626. The van der Waals surface area contributed by atoms with Gasteiger partial charge < -0.3 is 33.2 Å². The number of ether oxygens (including phenoxy) is 7. The van der Waals surface area contributed by atoms with Gasteiger partial charge in [-0.15, -0.1) is 0 Å². The summed E-state index contributed by atoms with van der Waals surface area (Å²) in [5.41, 5.74) is 3.19. The standard InChI is InChI=1S/C40H42O12/c1-8-36(41)47-23-31(50-38(43)10-3)13-11-12-20-46-32-16-14-29(21-25(32)4)39(44)51-34-18-19-35(28(7)27(34)6)52-40(45)30-15-17-33(26(5)22-30)48-24-49-37(42)9-2/h8-10,14-19,21-22,31H,1-3,11-13,20,23-24H2,4-7H3. The van der Waals surface area contributed by atoms with Gasteiger partial charge in [0.15, 0.2) is 0 Å². The lowest BCUT2D eigenvalue weighted by molar-refractivity contribution is -0.153. The van der Waals surface area contributed by atoms with Crippen molar-refractivity contribution >= 4 is 29.8 Å². The van der Waals surface area contributed by atoms with Crippen LogP contribution in [-0.2, 0) is 28.6 Å². The molecule has 0 aromatic heterocycles. The number of hydrogen-bond acceptors (Lipinski definition) is 12. The van der Waals surface area contributed by atoms with E-state index < -0.39 is 36.0 Å². The molecule has 3 rings (SSSR count). The molecule has 0 spiro atoms. The van der Waals surface area contributed by atoms with Crippen molar-refractivity contribution in [2.24, 2.45) is 0 Å². The quantitative estimate of drug-likeness (QED) is 0.0321. The van der Waals surface area contributed by atoms with Crippen molar-refractivity contribution in [2.75, 3.05) is 20.0 Å². The first-order chi connectivity index (χ1) is 24.9. The average Bonchev–Trinajstić information content (AvgIpc) is 3.13. The Morgan fingerprint density at radius 3 is 1.60 bits per heavy atom. The van der Waals surface area contributed by atoms with E-state index >= 15 is 0 Å². The van der Waals surface area contributed by atoms with Crippen molar-refractivity contribution in [3.8, 4) is 23.0 Å². The molecule has 274 valence electrons. The SMILES string of the molecule is C=CC(=O)OCOc1ccc(C(=O)Oc2ccc(OC(=O)c3ccc(OCCCCC(COC(=O)C=C)OC(=O)C=C)c(C)c3)c(C)c2C)cc1C. The van der Waals surface area contributed by atoms with Crippen LogP contribution in [0.2, 0.25) is 0 Å². The number of aryl methyl sites for hydroxylation is 2. The highest BCUT2D eigenvalue weighted by Crippen LogP contribution is 2.31. The number of carbonyl (C=O) groups is 5. The van der Waals surface area contributed by atoms with Gasteiger partial charge in [-0.25, -0.2) is 24.0 Å². The van der Waals surface area contributed by atoms with E-state index in [0.717, 1.165) is 23.8 Å². The second kappa shape index (κ2) is 19.9. The van der Waals surface area contributed by atoms with Crippen LogP contribution in [0.4, 0.5) is 0 Å². The van der Waals surface area contributed by atoms with E-state index in [1.807, 2.05) is 6.92 Å². The van der Waals surface area contributed by atoms with Crippen molar-refractivity contribution in [2.45, 2.75) is 53.1 Å². The molecular weight excluding hydrogens is 672 g/mol. The monoisotopic (exact) mass is 714 g/mol. The van der Waals surface area contributed by atoms with Gasteiger partial charge in [-0.05, 0) is 118 Å². The molecule has 0 bridgehead atoms. The summed E-state index contributed by atoms with van der Waals surface area (Å²) in [6.07, 6.45) is 4.18. The van der Waals surface area contributed by atoms with E-state index in [1.165, 1.54) is 6.07 Å². The van der Waals surface area contributed by atoms with Crippen LogP contribution >= 0.6 is 0 Å². The zero-order chi connectivity index (χ0) is 38.2. The van der Waals surface area contributed by atoms with E-state index in [-0.39, 0.29) is 19.0 Å². The second-order valence-corrected chi connectivity index (χ2v) is 11.4. The molecule has 1 unspecified atom stereocenters. The van der Waals surface area contributed by atoms with E-state index in [4.69, 9.17) is 33.2 Å². The van der Waals surface area contributed by atoms with E-state index in [2.05, 4.69) is 19.7 Å². The van der Waals surface area contributed by atoms with Crippen molar-refractivity contribution < 1.29 is 57.1 Å². The Kier molecular flexibility index (Phi) is 15.4. The smallest absolute Gasteiger partial charge is 0.343 e. The molecule has 0 N–H and O–H groups in total. The maximum Gasteiger partial charge on any atom is 0.343 e. The minimum Gasteiger partial charge on any atom is -0.493 e. The predicted molar refractivity (Wildman–Crippen MR) is 191 cm³/mol. The molecule has 0 saturated carbocycles. The number of benzene rings is 3. The molecule has 0 aliphatic heterocycles. The minimum absolute atomic E-state index is 0.0922. The molecule has 0 heterocycles. The number of unbranched alkanes of at least 4 members (excludes halogenated alkanes) is 1. The fourth-order valence-electron chi connectivity index (χ4n) is 4.68. The van der Waals surface area contributed by atoms with Gasteiger partial charge in [0, 0.05) is 18.2 Å². The maximum absolute atomic E-state index is 13.1. The molecule has 3 aromatic carbocycles. The fraction of sp³-hybridized carbons (Fsp3) is 0.275. The molecule has 0 saturated heterocycles. The number of carbonyl (C=O) groups excluding carboxylic acids is 5. The first-order valence-electron chi connectivity index (χ1n) is 16.3. The molecule has 52 heavy (non-hydrogen) atoms. The third kappa shape index (κ3) is 12.0. The molecule has 0 aliphatic carbocycles. The van der Waals surface area contributed by atoms with Crippen LogP contribution in [0.25, 0.3) is 0 Å². The van der Waals surface area contributed by atoms with Crippen LogP contribution in [0.15, 0.2) is 86.5 Å². The highest BCUT2D eigenvalue weighted by molar-refractivity contribution is 5.93. The van der Waals surface area contributed by atoms with Crippen molar-refractivity contribution in [3.05, 3.63) is 120 Å². The lowest BCUT2D eigenvalue weighted by atomic mass is 10.1. The number of esters is 5. The first-order valence-corrected chi connectivity index (χ1v) is 16.3. The average molecular weight is 715 g/mol. The number of rotatable bonds is 19. The summed E-state index contributed by atoms with van der Waals surface area (Å²) < 4.78 is 37.7. The van der Waals surface area contributed by atoms with E-state index in [9.17, 15) is 24.0 Å². The van der Waals surface area contributed by atoms with Gasteiger partial charge in [0.05, 0.1) is 17.7 Å². The zero-order valence-electron chi connectivity index (χ0n) is 29.7. The second-order valence-electron chi connectivity index (χ2n) is 11.4. The van der Waals surface area contributed by atoms with Gasteiger partial charge >= 0.3 is 29.8 Å². The highest BCUT2D eigenvalue weighted by atomic mass is 16.7. The molecule has 12 nitrogen and oxygen atoms in total. The Morgan fingerprint density at radius 1 is 0.615 bits per heavy atom. The van der Waals surface area contributed by atoms with Gasteiger partial charge in [0.1, 0.15) is 35.7 Å². The van der Waals surface area contributed by atoms with E-state index in [0.29, 0.717) is 71.1 Å². The van der Waals surface area contributed by atoms with Crippen LogP contribution < -0.4 is 18.9 Å². The van der Waals surface area contributed by atoms with Gasteiger partial charge in [0.25, 0.3) is 0 Å². The molecule has 0 aliphatic rings. The molecule has 0 amide bonds. The van der Waals surface area contributed by atoms with E-state index in [1.54, 1.807) is 63.2 Å². The van der Waals surface area contributed by atoms with Gasteiger partial charge in [-0.2, -0.15) is 0 Å². The van der Waals surface area contributed by atoms with Crippen LogP contribution in [0.1, 0.15) is 62.2 Å². The van der Waals surface area contributed by atoms with Crippen LogP contribution in [0.3, 0.4) is 0 Å². The fourth-order valence-corrected chi connectivity index (χ4v) is 4.68. The maximum atomic E-state index is 13.1. The van der Waals surface area contributed by atoms with Crippen molar-refractivity contribution in [1.29, 1.82) is 0 Å². The Bertz CT molecular complexity index is 1820. The van der Waals surface area contributed by atoms with Gasteiger partial charge in [-0.1, -0.05) is 19.7 Å². The summed E-state index contributed by atoms with van der Waals surface area (Å²) >= 11 is 0. The summed E-state index contributed by atoms with van der Waals surface area (Å²) in [6, 6.07) is 12.8. The molecule has 1 atom stereocenters. The largest absolute Gasteiger partial charge is 0.493 e. The summed E-state index contributed by atoms with van der Waals surface area (Å²) in [5, 5.41) is 0. The summed E-state index contributed by atoms with van der Waals surface area (Å²) in [5.74, 6) is -1.36. The third-order valence-corrected chi connectivity index (χ3v) is 7.70. The molecule has 12 heteroatoms. The summed E-state index contributed by atoms with van der Waals surface area (Å²) in [7, 11) is 0. The Morgan fingerprint density at radius 2 is 1.10 bits per heavy atom. The van der Waals surface area contributed by atoms with Crippen LogP contribution in [-0.4, -0.2) is 56.0 Å². The Hall–Kier alpha value is -6.17. The lowest BCUT2D eigenvalue weighted by Crippen LogP contribution is -2.24. The summed E-state index contributed by atoms with van der Waals surface area (Å²) in [6.45, 7) is 17.1. The lowest BCUT2D eigenvalue weighted by Gasteiger charge is -2.17. The summed E-state index contributed by atoms with van der Waals surface area (Å²) in [4.78, 5) is 60.2. The van der Waals surface area contributed by atoms with Crippen LogP contribution in [0.5, 0.6) is 23.0 Å². The first kappa shape index (κ1) is 40.3. The predicted octanol–water partition coefficient (Wildman–Crippen LogP) is 6.80. The normalized spacial score (nSPS) is 10.9. The molecule has 0 fully saturated rings. The van der Waals surface area contributed by atoms with Crippen molar-refractivity contribution in [3.63, 3.8) is 0 Å². The Labute approximate surface area is 302 Å². The molecular formula is C40H42O12. The third-order valence-electron chi connectivity index (χ3n) is 7.70. The zero-order valence-corrected chi connectivity index (χ0v) is 29.7. The Balaban J connectivity index is 1.54.